The first-order valence-electron chi connectivity index (χ1n) is 8.54. The van der Waals surface area contributed by atoms with Crippen molar-refractivity contribution in [1.29, 1.82) is 0 Å². The number of likely N-dealkylation sites (tertiary alicyclic amines) is 1. The van der Waals surface area contributed by atoms with E-state index in [2.05, 4.69) is 55.6 Å². The Morgan fingerprint density at radius 2 is 1.64 bits per heavy atom. The summed E-state index contributed by atoms with van der Waals surface area (Å²) >= 11 is 3.54. The van der Waals surface area contributed by atoms with Gasteiger partial charge in [0.1, 0.15) is 5.69 Å². The molecule has 0 unspecified atom stereocenters. The van der Waals surface area contributed by atoms with Crippen LogP contribution in [0.15, 0.2) is 53.4 Å². The van der Waals surface area contributed by atoms with Crippen molar-refractivity contribution in [3.63, 3.8) is 0 Å². The molecule has 2 atom stereocenters. The molecule has 0 bridgehead atoms. The summed E-state index contributed by atoms with van der Waals surface area (Å²) in [6.45, 7) is 3.63. The number of hydrogen-bond donors (Lipinski definition) is 0. The van der Waals surface area contributed by atoms with Crippen molar-refractivity contribution in [3.05, 3.63) is 68.8 Å². The molecule has 2 aliphatic rings. The van der Waals surface area contributed by atoms with Gasteiger partial charge in [0, 0.05) is 35.6 Å². The van der Waals surface area contributed by atoms with Crippen molar-refractivity contribution in [2.24, 2.45) is 0 Å². The molecule has 128 valence electrons. The summed E-state index contributed by atoms with van der Waals surface area (Å²) in [5, 5.41) is 4.22. The van der Waals surface area contributed by atoms with Crippen LogP contribution in [0, 0.1) is 0 Å². The quantitative estimate of drug-likeness (QED) is 0.702. The van der Waals surface area contributed by atoms with Crippen LogP contribution in [-0.2, 0) is 13.1 Å². The lowest BCUT2D eigenvalue weighted by atomic mass is 10.1. The van der Waals surface area contributed by atoms with Crippen LogP contribution < -0.4 is 0 Å². The zero-order valence-corrected chi connectivity index (χ0v) is 15.4. The summed E-state index contributed by atoms with van der Waals surface area (Å²) in [5.41, 5.74) is 0.829. The molecule has 25 heavy (non-hydrogen) atoms. The second-order valence-corrected chi connectivity index (χ2v) is 8.79. The largest absolute Gasteiger partial charge is 0.337 e. The van der Waals surface area contributed by atoms with Crippen molar-refractivity contribution in [3.8, 4) is 0 Å². The smallest absolute Gasteiger partial charge is 0.271 e. The number of hydrogen-bond acceptors (Lipinski definition) is 4. The predicted octanol–water partition coefficient (Wildman–Crippen LogP) is 3.69. The standard InChI is InChI=1S/C19H19N3OS2/c23-19-16-6-1-7-21(16)17-12-20(10-14-4-2-8-24-14)13-18(17)22(19)11-15-5-3-9-25-15/h1-9,17-18H,10-13H2/t17-,18+/m1/s1. The summed E-state index contributed by atoms with van der Waals surface area (Å²) in [5.74, 6) is 0.164. The van der Waals surface area contributed by atoms with Crippen LogP contribution in [0.25, 0.3) is 0 Å². The highest BCUT2D eigenvalue weighted by atomic mass is 32.1. The van der Waals surface area contributed by atoms with Crippen LogP contribution in [0.2, 0.25) is 0 Å². The minimum atomic E-state index is 0.164. The van der Waals surface area contributed by atoms with Crippen molar-refractivity contribution < 1.29 is 4.79 Å². The van der Waals surface area contributed by atoms with E-state index in [1.807, 2.05) is 23.5 Å². The number of amides is 1. The number of rotatable bonds is 4. The van der Waals surface area contributed by atoms with Gasteiger partial charge in [-0.05, 0) is 35.0 Å². The summed E-state index contributed by atoms with van der Waals surface area (Å²) < 4.78 is 2.20. The van der Waals surface area contributed by atoms with E-state index in [0.717, 1.165) is 31.9 Å². The van der Waals surface area contributed by atoms with E-state index in [4.69, 9.17) is 0 Å². The molecule has 4 nitrogen and oxygen atoms in total. The zero-order chi connectivity index (χ0) is 16.8. The van der Waals surface area contributed by atoms with Crippen LogP contribution >= 0.6 is 22.7 Å². The van der Waals surface area contributed by atoms with Gasteiger partial charge in [0.15, 0.2) is 0 Å². The Morgan fingerprint density at radius 1 is 0.920 bits per heavy atom. The van der Waals surface area contributed by atoms with Crippen molar-refractivity contribution in [2.75, 3.05) is 13.1 Å². The van der Waals surface area contributed by atoms with E-state index in [1.165, 1.54) is 9.75 Å². The number of carbonyl (C=O) groups is 1. The molecule has 0 saturated carbocycles. The molecule has 0 N–H and O–H groups in total. The molecule has 3 aromatic heterocycles. The van der Waals surface area contributed by atoms with Crippen LogP contribution in [0.4, 0.5) is 0 Å². The maximum atomic E-state index is 13.1. The van der Waals surface area contributed by atoms with E-state index >= 15 is 0 Å². The molecule has 6 heteroatoms. The maximum Gasteiger partial charge on any atom is 0.271 e. The number of carbonyl (C=O) groups excluding carboxylic acids is 1. The van der Waals surface area contributed by atoms with E-state index < -0.39 is 0 Å². The third kappa shape index (κ3) is 2.65. The van der Waals surface area contributed by atoms with Gasteiger partial charge >= 0.3 is 0 Å². The van der Waals surface area contributed by atoms with Gasteiger partial charge in [-0.25, -0.2) is 0 Å². The summed E-state index contributed by atoms with van der Waals surface area (Å²) in [6.07, 6.45) is 2.07. The third-order valence-electron chi connectivity index (χ3n) is 5.22. The van der Waals surface area contributed by atoms with E-state index in [1.54, 1.807) is 11.3 Å². The van der Waals surface area contributed by atoms with Crippen LogP contribution in [0.1, 0.15) is 26.3 Å². The lowest BCUT2D eigenvalue weighted by Gasteiger charge is -2.38. The Kier molecular flexibility index (Phi) is 3.77. The highest BCUT2D eigenvalue weighted by Crippen LogP contribution is 2.35. The highest BCUT2D eigenvalue weighted by molar-refractivity contribution is 7.10. The van der Waals surface area contributed by atoms with Crippen LogP contribution in [-0.4, -0.2) is 39.4 Å². The minimum absolute atomic E-state index is 0.164. The number of thiophene rings is 2. The van der Waals surface area contributed by atoms with Gasteiger partial charge in [-0.3, -0.25) is 9.69 Å². The van der Waals surface area contributed by atoms with E-state index in [0.29, 0.717) is 6.04 Å². The first-order chi connectivity index (χ1) is 12.3. The van der Waals surface area contributed by atoms with E-state index in [9.17, 15) is 4.79 Å². The molecule has 1 saturated heterocycles. The molecule has 2 aliphatic heterocycles. The fourth-order valence-corrected chi connectivity index (χ4v) is 5.55. The second kappa shape index (κ2) is 6.12. The average Bonchev–Trinajstić information content (AvgIpc) is 3.36. The van der Waals surface area contributed by atoms with Crippen LogP contribution in [0.5, 0.6) is 0 Å². The van der Waals surface area contributed by atoms with Gasteiger partial charge in [-0.2, -0.15) is 0 Å². The number of nitrogens with zero attached hydrogens (tertiary/aromatic N) is 3. The van der Waals surface area contributed by atoms with Gasteiger partial charge in [0.25, 0.3) is 5.91 Å². The molecule has 3 aromatic rings. The zero-order valence-electron chi connectivity index (χ0n) is 13.7. The summed E-state index contributed by atoms with van der Waals surface area (Å²) in [6, 6.07) is 13.0. The van der Waals surface area contributed by atoms with Crippen molar-refractivity contribution in [2.45, 2.75) is 25.2 Å². The lowest BCUT2D eigenvalue weighted by Crippen LogP contribution is -2.49. The fourth-order valence-electron chi connectivity index (χ4n) is 4.10. The first kappa shape index (κ1) is 15.4. The minimum Gasteiger partial charge on any atom is -0.337 e. The Morgan fingerprint density at radius 3 is 2.36 bits per heavy atom. The Bertz CT molecular complexity index is 869. The van der Waals surface area contributed by atoms with Crippen molar-refractivity contribution in [1.82, 2.24) is 14.4 Å². The van der Waals surface area contributed by atoms with Gasteiger partial charge < -0.3 is 9.47 Å². The molecular weight excluding hydrogens is 350 g/mol. The Hall–Kier alpha value is -1.89. The Labute approximate surface area is 154 Å². The second-order valence-electron chi connectivity index (χ2n) is 6.72. The molecule has 0 spiro atoms. The molecule has 1 fully saturated rings. The van der Waals surface area contributed by atoms with Gasteiger partial charge in [-0.15, -0.1) is 22.7 Å². The number of fused-ring (bicyclic) bond motifs is 3. The summed E-state index contributed by atoms with van der Waals surface area (Å²) in [7, 11) is 0. The molecule has 5 heterocycles. The molecule has 0 aliphatic carbocycles. The fraction of sp³-hybridized carbons (Fsp3) is 0.316. The summed E-state index contributed by atoms with van der Waals surface area (Å²) in [4.78, 5) is 20.3. The third-order valence-corrected chi connectivity index (χ3v) is 6.94. The monoisotopic (exact) mass is 369 g/mol. The van der Waals surface area contributed by atoms with Gasteiger partial charge in [0.2, 0.25) is 0 Å². The average molecular weight is 370 g/mol. The van der Waals surface area contributed by atoms with Gasteiger partial charge in [-0.1, -0.05) is 12.1 Å². The SMILES string of the molecule is O=C1c2cccn2[C@@H]2CN(Cc3cccs3)C[C@@H]2N1Cc1cccs1. The normalized spacial score (nSPS) is 23.0. The number of aromatic nitrogens is 1. The molecule has 5 rings (SSSR count). The molecule has 0 radical (unpaired) electrons. The molecule has 0 aromatic carbocycles. The highest BCUT2D eigenvalue weighted by Gasteiger charge is 2.44. The first-order valence-corrected chi connectivity index (χ1v) is 10.3. The lowest BCUT2D eigenvalue weighted by molar-refractivity contribution is 0.0559. The molecular formula is C19H19N3OS2. The predicted molar refractivity (Wildman–Crippen MR) is 101 cm³/mol. The topological polar surface area (TPSA) is 28.5 Å². The maximum absolute atomic E-state index is 13.1. The van der Waals surface area contributed by atoms with E-state index in [-0.39, 0.29) is 11.9 Å². The Balaban J connectivity index is 1.45. The van der Waals surface area contributed by atoms with Gasteiger partial charge in [0.05, 0.1) is 18.6 Å². The van der Waals surface area contributed by atoms with Crippen molar-refractivity contribution >= 4 is 28.6 Å². The molecule has 1 amide bonds. The van der Waals surface area contributed by atoms with Crippen LogP contribution in [0.3, 0.4) is 0 Å².